The number of carbonyl (C=O) groups is 2. The lowest BCUT2D eigenvalue weighted by Gasteiger charge is -2.19. The molecule has 0 unspecified atom stereocenters. The number of hydrogen-bond acceptors (Lipinski definition) is 2. The van der Waals surface area contributed by atoms with E-state index in [1.165, 1.54) is 5.56 Å². The second-order valence-corrected chi connectivity index (χ2v) is 7.26. The number of primary amides is 1. The molecule has 0 radical (unpaired) electrons. The van der Waals surface area contributed by atoms with Gasteiger partial charge in [0, 0.05) is 6.42 Å². The van der Waals surface area contributed by atoms with Gasteiger partial charge in [0.15, 0.2) is 0 Å². The normalized spacial score (nSPS) is 12.4. The van der Waals surface area contributed by atoms with E-state index in [1.54, 1.807) is 12.1 Å². The van der Waals surface area contributed by atoms with Gasteiger partial charge in [0.1, 0.15) is 6.04 Å². The van der Waals surface area contributed by atoms with E-state index < -0.39 is 11.9 Å². The minimum Gasteiger partial charge on any atom is -0.368 e. The van der Waals surface area contributed by atoms with Gasteiger partial charge in [0.2, 0.25) is 11.8 Å². The van der Waals surface area contributed by atoms with E-state index in [9.17, 15) is 9.59 Å². The van der Waals surface area contributed by atoms with E-state index in [0.717, 1.165) is 5.56 Å². The molecule has 132 valence electrons. The molecular weight excluding hydrogens is 312 g/mol. The summed E-state index contributed by atoms with van der Waals surface area (Å²) in [6.07, 6.45) is 0.933. The van der Waals surface area contributed by atoms with Crippen LogP contribution < -0.4 is 11.1 Å². The summed E-state index contributed by atoms with van der Waals surface area (Å²) in [7, 11) is 0. The molecular formula is C21H26N2O2. The van der Waals surface area contributed by atoms with Gasteiger partial charge in [-0.15, -0.1) is 0 Å². The number of aryl methyl sites for hydroxylation is 1. The van der Waals surface area contributed by atoms with Crippen LogP contribution in [0.4, 0.5) is 0 Å². The molecule has 0 aliphatic carbocycles. The van der Waals surface area contributed by atoms with Gasteiger partial charge >= 0.3 is 0 Å². The van der Waals surface area contributed by atoms with E-state index in [4.69, 9.17) is 5.73 Å². The van der Waals surface area contributed by atoms with E-state index in [0.29, 0.717) is 18.4 Å². The topological polar surface area (TPSA) is 72.2 Å². The van der Waals surface area contributed by atoms with Crippen LogP contribution in [0, 0.1) is 0 Å². The zero-order chi connectivity index (χ0) is 18.4. The molecule has 1 atom stereocenters. The molecule has 2 aromatic rings. The van der Waals surface area contributed by atoms with Crippen molar-refractivity contribution in [3.8, 4) is 0 Å². The highest BCUT2D eigenvalue weighted by atomic mass is 16.2. The highest BCUT2D eigenvalue weighted by molar-refractivity contribution is 5.87. The molecule has 25 heavy (non-hydrogen) atoms. The number of nitrogens with one attached hydrogen (secondary N) is 1. The van der Waals surface area contributed by atoms with Gasteiger partial charge in [-0.1, -0.05) is 75.4 Å². The Bertz CT molecular complexity index is 716. The maximum absolute atomic E-state index is 12.2. The third-order valence-corrected chi connectivity index (χ3v) is 4.18. The molecule has 4 heteroatoms. The minimum absolute atomic E-state index is 0.111. The summed E-state index contributed by atoms with van der Waals surface area (Å²) in [6, 6.07) is 16.5. The predicted molar refractivity (Wildman–Crippen MR) is 100.0 cm³/mol. The SMILES string of the molecule is CC(C)(C)c1ccc(CCC(=O)N[C@H](C(N)=O)c2ccccc2)cc1. The first-order valence-electron chi connectivity index (χ1n) is 8.50. The van der Waals surface area contributed by atoms with Crippen LogP contribution in [0.5, 0.6) is 0 Å². The van der Waals surface area contributed by atoms with Crippen LogP contribution in [-0.2, 0) is 21.4 Å². The quantitative estimate of drug-likeness (QED) is 0.848. The molecule has 0 saturated heterocycles. The van der Waals surface area contributed by atoms with Crippen LogP contribution in [0.2, 0.25) is 0 Å². The molecule has 0 fully saturated rings. The number of nitrogens with two attached hydrogens (primary N) is 1. The van der Waals surface area contributed by atoms with Crippen molar-refractivity contribution >= 4 is 11.8 Å². The van der Waals surface area contributed by atoms with Crippen molar-refractivity contribution < 1.29 is 9.59 Å². The van der Waals surface area contributed by atoms with Crippen molar-refractivity contribution in [2.75, 3.05) is 0 Å². The highest BCUT2D eigenvalue weighted by Gasteiger charge is 2.19. The summed E-state index contributed by atoms with van der Waals surface area (Å²) >= 11 is 0. The molecule has 0 aromatic heterocycles. The Morgan fingerprint density at radius 2 is 1.60 bits per heavy atom. The van der Waals surface area contributed by atoms with Crippen LogP contribution in [0.3, 0.4) is 0 Å². The average Bonchev–Trinajstić information content (AvgIpc) is 2.58. The molecule has 0 saturated carbocycles. The van der Waals surface area contributed by atoms with Gasteiger partial charge in [0.25, 0.3) is 0 Å². The minimum atomic E-state index is -0.794. The zero-order valence-corrected chi connectivity index (χ0v) is 15.1. The Kier molecular flexibility index (Phi) is 5.97. The standard InChI is InChI=1S/C21H26N2O2/c1-21(2,3)17-12-9-15(10-13-17)11-14-18(24)23-19(20(22)25)16-7-5-4-6-8-16/h4-10,12-13,19H,11,14H2,1-3H3,(H2,22,25)(H,23,24)/t19-/m0/s1. The van der Waals surface area contributed by atoms with Crippen molar-refractivity contribution in [1.82, 2.24) is 5.32 Å². The molecule has 4 nitrogen and oxygen atoms in total. The maximum atomic E-state index is 12.2. The first-order valence-corrected chi connectivity index (χ1v) is 8.50. The lowest BCUT2D eigenvalue weighted by molar-refractivity contribution is -0.127. The van der Waals surface area contributed by atoms with Gasteiger partial charge in [-0.25, -0.2) is 0 Å². The number of amides is 2. The fourth-order valence-electron chi connectivity index (χ4n) is 2.63. The van der Waals surface area contributed by atoms with Crippen molar-refractivity contribution in [3.63, 3.8) is 0 Å². The van der Waals surface area contributed by atoms with E-state index in [2.05, 4.69) is 50.4 Å². The van der Waals surface area contributed by atoms with Crippen LogP contribution in [0.25, 0.3) is 0 Å². The number of rotatable bonds is 6. The summed E-state index contributed by atoms with van der Waals surface area (Å²) in [4.78, 5) is 23.9. The molecule has 3 N–H and O–H groups in total. The Labute approximate surface area is 149 Å². The molecule has 2 rings (SSSR count). The monoisotopic (exact) mass is 338 g/mol. The summed E-state index contributed by atoms with van der Waals surface area (Å²) in [5, 5.41) is 2.73. The van der Waals surface area contributed by atoms with E-state index in [1.807, 2.05) is 18.2 Å². The van der Waals surface area contributed by atoms with E-state index >= 15 is 0 Å². The Morgan fingerprint density at radius 3 is 2.12 bits per heavy atom. The first-order chi connectivity index (χ1) is 11.8. The van der Waals surface area contributed by atoms with Crippen molar-refractivity contribution in [1.29, 1.82) is 0 Å². The van der Waals surface area contributed by atoms with Crippen LogP contribution in [-0.4, -0.2) is 11.8 Å². The summed E-state index contributed by atoms with van der Waals surface area (Å²) in [6.45, 7) is 6.51. The maximum Gasteiger partial charge on any atom is 0.244 e. The Morgan fingerprint density at radius 1 is 1.00 bits per heavy atom. The second kappa shape index (κ2) is 7.97. The molecule has 2 amide bonds. The third-order valence-electron chi connectivity index (χ3n) is 4.18. The van der Waals surface area contributed by atoms with Crippen LogP contribution >= 0.6 is 0 Å². The Hall–Kier alpha value is -2.62. The number of hydrogen-bond donors (Lipinski definition) is 2. The number of carbonyl (C=O) groups excluding carboxylic acids is 2. The molecule has 0 spiro atoms. The predicted octanol–water partition coefficient (Wildman–Crippen LogP) is 3.26. The fraction of sp³-hybridized carbons (Fsp3) is 0.333. The van der Waals surface area contributed by atoms with Gasteiger partial charge in [-0.05, 0) is 28.5 Å². The van der Waals surface area contributed by atoms with Gasteiger partial charge < -0.3 is 11.1 Å². The molecule has 0 aliphatic rings. The van der Waals surface area contributed by atoms with Crippen molar-refractivity contribution in [2.45, 2.75) is 45.1 Å². The molecule has 0 aliphatic heterocycles. The first kappa shape index (κ1) is 18.7. The summed E-state index contributed by atoms with van der Waals surface area (Å²) in [5.74, 6) is -0.748. The second-order valence-electron chi connectivity index (χ2n) is 7.26. The van der Waals surface area contributed by atoms with Crippen LogP contribution in [0.1, 0.15) is 49.9 Å². The molecule has 0 heterocycles. The van der Waals surface area contributed by atoms with Crippen molar-refractivity contribution in [2.24, 2.45) is 5.73 Å². The zero-order valence-electron chi connectivity index (χ0n) is 15.1. The lowest BCUT2D eigenvalue weighted by Crippen LogP contribution is -2.37. The third kappa shape index (κ3) is 5.45. The average molecular weight is 338 g/mol. The van der Waals surface area contributed by atoms with Gasteiger partial charge in [0.05, 0.1) is 0 Å². The highest BCUT2D eigenvalue weighted by Crippen LogP contribution is 2.22. The fourth-order valence-corrected chi connectivity index (χ4v) is 2.63. The number of benzene rings is 2. The van der Waals surface area contributed by atoms with Crippen LogP contribution in [0.15, 0.2) is 54.6 Å². The summed E-state index contributed by atoms with van der Waals surface area (Å²) < 4.78 is 0. The van der Waals surface area contributed by atoms with Gasteiger partial charge in [-0.2, -0.15) is 0 Å². The molecule has 0 bridgehead atoms. The van der Waals surface area contributed by atoms with Gasteiger partial charge in [-0.3, -0.25) is 9.59 Å². The largest absolute Gasteiger partial charge is 0.368 e. The summed E-state index contributed by atoms with van der Waals surface area (Å²) in [5.41, 5.74) is 8.59. The lowest BCUT2D eigenvalue weighted by atomic mass is 9.86. The molecule has 2 aromatic carbocycles. The Balaban J connectivity index is 1.94. The van der Waals surface area contributed by atoms with Crippen molar-refractivity contribution in [3.05, 3.63) is 71.3 Å². The smallest absolute Gasteiger partial charge is 0.244 e. The van der Waals surface area contributed by atoms with E-state index in [-0.39, 0.29) is 11.3 Å².